The van der Waals surface area contributed by atoms with Crippen LogP contribution in [0.2, 0.25) is 0 Å². The van der Waals surface area contributed by atoms with Crippen molar-refractivity contribution in [3.05, 3.63) is 29.9 Å². The van der Waals surface area contributed by atoms with Crippen LogP contribution in [0.3, 0.4) is 0 Å². The summed E-state index contributed by atoms with van der Waals surface area (Å²) in [6.45, 7) is 2.18. The van der Waals surface area contributed by atoms with Crippen molar-refractivity contribution in [2.75, 3.05) is 7.11 Å². The molecule has 0 aromatic heterocycles. The first-order valence-electron chi connectivity index (χ1n) is 6.16. The van der Waals surface area contributed by atoms with E-state index in [1.54, 1.807) is 0 Å². The van der Waals surface area contributed by atoms with Crippen molar-refractivity contribution in [3.8, 4) is 11.5 Å². The van der Waals surface area contributed by atoms with Gasteiger partial charge in [-0.05, 0) is 43.7 Å². The van der Waals surface area contributed by atoms with Crippen molar-refractivity contribution < 1.29 is 18.3 Å². The van der Waals surface area contributed by atoms with E-state index in [4.69, 9.17) is 9.47 Å². The molecule has 4 heteroatoms. The Balaban J connectivity index is 2.08. The Kier molecular flexibility index (Phi) is 4.04. The highest BCUT2D eigenvalue weighted by molar-refractivity contribution is 5.35. The van der Waals surface area contributed by atoms with E-state index in [-0.39, 0.29) is 11.5 Å². The zero-order valence-corrected chi connectivity index (χ0v) is 10.6. The Morgan fingerprint density at radius 2 is 1.61 bits per heavy atom. The van der Waals surface area contributed by atoms with Crippen LogP contribution in [0.5, 0.6) is 11.5 Å². The third-order valence-electron chi connectivity index (χ3n) is 3.32. The summed E-state index contributed by atoms with van der Waals surface area (Å²) in [4.78, 5) is 0. The molecule has 2 rings (SSSR count). The topological polar surface area (TPSA) is 18.5 Å². The predicted molar refractivity (Wildman–Crippen MR) is 64.4 cm³/mol. The van der Waals surface area contributed by atoms with E-state index in [0.717, 1.165) is 31.8 Å². The molecule has 1 aromatic rings. The summed E-state index contributed by atoms with van der Waals surface area (Å²) in [6, 6.07) is 2.78. The third kappa shape index (κ3) is 2.74. The molecule has 0 bridgehead atoms. The van der Waals surface area contributed by atoms with Gasteiger partial charge in [0.1, 0.15) is 6.10 Å². The van der Waals surface area contributed by atoms with Crippen molar-refractivity contribution in [2.24, 2.45) is 5.92 Å². The van der Waals surface area contributed by atoms with Gasteiger partial charge in [0.2, 0.25) is 11.6 Å². The predicted octanol–water partition coefficient (Wildman–Crippen LogP) is 4.09. The molecule has 1 fully saturated rings. The van der Waals surface area contributed by atoms with Gasteiger partial charge in [-0.2, -0.15) is 8.78 Å². The van der Waals surface area contributed by atoms with Gasteiger partial charge in [0.05, 0.1) is 7.11 Å². The first kappa shape index (κ1) is 13.1. The molecule has 1 aromatic carbocycles. The van der Waals surface area contributed by atoms with E-state index in [9.17, 15) is 8.78 Å². The summed E-state index contributed by atoms with van der Waals surface area (Å²) in [7, 11) is 1.30. The molecule has 0 N–H and O–H groups in total. The number of halogens is 2. The van der Waals surface area contributed by atoms with Crippen LogP contribution in [0.25, 0.3) is 0 Å². The summed E-state index contributed by atoms with van der Waals surface area (Å²) in [5.74, 6) is -1.48. The van der Waals surface area contributed by atoms with Gasteiger partial charge < -0.3 is 9.47 Å². The number of ether oxygens (including phenoxy) is 2. The van der Waals surface area contributed by atoms with Crippen LogP contribution in [-0.2, 0) is 0 Å². The largest absolute Gasteiger partial charge is 0.494 e. The summed E-state index contributed by atoms with van der Waals surface area (Å²) in [5.41, 5.74) is 0. The van der Waals surface area contributed by atoms with Crippen LogP contribution in [0.1, 0.15) is 32.6 Å². The standard InChI is InChI=1S/C14H17F2O2/c1-9-3-5-10(6-4-9)18-12-8-7-11(17-2)13(15)14(12)16/h7-9H,3-6H2,1-2H3. The molecule has 1 aliphatic rings. The number of hydrogen-bond donors (Lipinski definition) is 0. The van der Waals surface area contributed by atoms with Crippen molar-refractivity contribution in [2.45, 2.75) is 32.6 Å². The summed E-state index contributed by atoms with van der Waals surface area (Å²) in [5, 5.41) is 0. The molecule has 99 valence electrons. The number of rotatable bonds is 3. The molecule has 18 heavy (non-hydrogen) atoms. The lowest BCUT2D eigenvalue weighted by Crippen LogP contribution is -2.16. The molecule has 0 amide bonds. The molecule has 0 unspecified atom stereocenters. The second-order valence-corrected chi connectivity index (χ2v) is 4.72. The molecule has 1 radical (unpaired) electrons. The van der Waals surface area contributed by atoms with E-state index in [1.165, 1.54) is 19.2 Å². The zero-order chi connectivity index (χ0) is 13.1. The maximum Gasteiger partial charge on any atom is 0.204 e. The Morgan fingerprint density at radius 3 is 2.22 bits per heavy atom. The lowest BCUT2D eigenvalue weighted by atomic mass is 9.89. The van der Waals surface area contributed by atoms with Crippen molar-refractivity contribution >= 4 is 0 Å². The lowest BCUT2D eigenvalue weighted by molar-refractivity contribution is 0.221. The molecule has 0 heterocycles. The van der Waals surface area contributed by atoms with Crippen molar-refractivity contribution in [3.63, 3.8) is 0 Å². The molecule has 2 nitrogen and oxygen atoms in total. The van der Waals surface area contributed by atoms with Gasteiger partial charge in [-0.3, -0.25) is 0 Å². The highest BCUT2D eigenvalue weighted by Crippen LogP contribution is 2.34. The molecular formula is C14H17F2O2. The molecule has 0 spiro atoms. The second kappa shape index (κ2) is 5.55. The number of hydrogen-bond acceptors (Lipinski definition) is 2. The fraction of sp³-hybridized carbons (Fsp3) is 0.500. The van der Waals surface area contributed by atoms with Crippen LogP contribution >= 0.6 is 0 Å². The van der Waals surface area contributed by atoms with E-state index in [1.807, 2.05) is 0 Å². The van der Waals surface area contributed by atoms with Crippen LogP contribution in [-0.4, -0.2) is 7.11 Å². The number of methoxy groups -OCH3 is 1. The van der Waals surface area contributed by atoms with Crippen molar-refractivity contribution in [1.82, 2.24) is 0 Å². The van der Waals surface area contributed by atoms with Crippen LogP contribution < -0.4 is 9.47 Å². The fourth-order valence-electron chi connectivity index (χ4n) is 2.09. The molecule has 0 aliphatic heterocycles. The molecule has 0 saturated heterocycles. The molecular weight excluding hydrogens is 238 g/mol. The van der Waals surface area contributed by atoms with Gasteiger partial charge in [0.25, 0.3) is 0 Å². The van der Waals surface area contributed by atoms with Gasteiger partial charge in [-0.25, -0.2) is 0 Å². The Hall–Kier alpha value is -1.32. The van der Waals surface area contributed by atoms with E-state index in [0.29, 0.717) is 5.92 Å². The highest BCUT2D eigenvalue weighted by atomic mass is 19.2. The van der Waals surface area contributed by atoms with Gasteiger partial charge in [0.15, 0.2) is 11.5 Å². The molecule has 1 aliphatic carbocycles. The van der Waals surface area contributed by atoms with Crippen LogP contribution in [0.15, 0.2) is 12.1 Å². The minimum Gasteiger partial charge on any atom is -0.494 e. The van der Waals surface area contributed by atoms with Gasteiger partial charge >= 0.3 is 0 Å². The Morgan fingerprint density at radius 1 is 1.06 bits per heavy atom. The van der Waals surface area contributed by atoms with Gasteiger partial charge in [0, 0.05) is 0 Å². The van der Waals surface area contributed by atoms with Crippen molar-refractivity contribution in [1.29, 1.82) is 0 Å². The molecule has 1 saturated carbocycles. The van der Waals surface area contributed by atoms with Crippen LogP contribution in [0, 0.1) is 23.7 Å². The second-order valence-electron chi connectivity index (χ2n) is 4.72. The lowest BCUT2D eigenvalue weighted by Gasteiger charge is -2.25. The smallest absolute Gasteiger partial charge is 0.204 e. The first-order chi connectivity index (χ1) is 8.61. The van der Waals surface area contributed by atoms with Gasteiger partial charge in [-0.15, -0.1) is 0 Å². The normalized spacial score (nSPS) is 17.8. The van der Waals surface area contributed by atoms with Crippen LogP contribution in [0.4, 0.5) is 8.78 Å². The average Bonchev–Trinajstić information content (AvgIpc) is 2.38. The Bertz CT molecular complexity index is 413. The minimum atomic E-state index is -1.00. The number of benzene rings is 1. The Labute approximate surface area is 106 Å². The van der Waals surface area contributed by atoms with E-state index in [2.05, 4.69) is 6.92 Å². The third-order valence-corrected chi connectivity index (χ3v) is 3.32. The fourth-order valence-corrected chi connectivity index (χ4v) is 2.09. The summed E-state index contributed by atoms with van der Waals surface area (Å²) >= 11 is 0. The monoisotopic (exact) mass is 255 g/mol. The van der Waals surface area contributed by atoms with E-state index >= 15 is 0 Å². The summed E-state index contributed by atoms with van der Waals surface area (Å²) in [6.07, 6.45) is 4.53. The SMILES string of the molecule is COc1ccc(O[C]2CCC(C)CC2)c(F)c1F. The summed E-state index contributed by atoms with van der Waals surface area (Å²) < 4.78 is 37.3. The van der Waals surface area contributed by atoms with E-state index < -0.39 is 11.6 Å². The van der Waals surface area contributed by atoms with Gasteiger partial charge in [-0.1, -0.05) is 6.92 Å². The maximum absolute atomic E-state index is 13.7. The molecule has 0 atom stereocenters. The first-order valence-corrected chi connectivity index (χ1v) is 6.16. The highest BCUT2D eigenvalue weighted by Gasteiger charge is 2.23. The minimum absolute atomic E-state index is 0.0575. The zero-order valence-electron chi connectivity index (χ0n) is 10.6. The average molecular weight is 255 g/mol. The maximum atomic E-state index is 13.7. The quantitative estimate of drug-likeness (QED) is 0.809.